The molecule has 1 aliphatic heterocycles. The molecule has 0 saturated heterocycles. The van der Waals surface area contributed by atoms with Gasteiger partial charge < -0.3 is 5.32 Å². The van der Waals surface area contributed by atoms with Gasteiger partial charge in [0.1, 0.15) is 4.90 Å². The Balaban J connectivity index is 2.83. The van der Waals surface area contributed by atoms with E-state index >= 15 is 0 Å². The Morgan fingerprint density at radius 2 is 1.89 bits per heavy atom. The van der Waals surface area contributed by atoms with Crippen LogP contribution in [-0.2, 0) is 20.0 Å². The summed E-state index contributed by atoms with van der Waals surface area (Å²) in [5.41, 5.74) is -0.187. The summed E-state index contributed by atoms with van der Waals surface area (Å²) in [6.45, 7) is 0. The van der Waals surface area contributed by atoms with E-state index in [1.54, 1.807) is 4.72 Å². The minimum Gasteiger partial charge on any atom is -0.304 e. The number of halogens is 1. The second-order valence-corrected chi connectivity index (χ2v) is 7.00. The van der Waals surface area contributed by atoms with Crippen molar-refractivity contribution in [2.75, 3.05) is 5.32 Å². The van der Waals surface area contributed by atoms with Gasteiger partial charge in [-0.3, -0.25) is 0 Å². The highest BCUT2D eigenvalue weighted by atomic mass is 35.5. The van der Waals surface area contributed by atoms with Crippen LogP contribution in [0.1, 0.15) is 0 Å². The average molecular weight is 312 g/mol. The number of primary sulfonamides is 1. The molecule has 1 aromatic rings. The Morgan fingerprint density at radius 1 is 1.28 bits per heavy atom. The van der Waals surface area contributed by atoms with Crippen LogP contribution in [0.5, 0.6) is 0 Å². The van der Waals surface area contributed by atoms with Crippen molar-refractivity contribution in [2.24, 2.45) is 5.14 Å². The van der Waals surface area contributed by atoms with E-state index in [9.17, 15) is 21.6 Å². The standard InChI is InChI=1S/C7H6ClN3O5S2/c8-4-1-3(17(9,13)14)2-5-6(4)10-7(12)11-18(5,15)16/h1-2H,(H2,9,13,14)(H2,10,11,12). The van der Waals surface area contributed by atoms with Crippen LogP contribution in [0.2, 0.25) is 5.02 Å². The molecule has 1 aromatic carbocycles. The normalized spacial score (nSPS) is 17.6. The molecular weight excluding hydrogens is 306 g/mol. The molecule has 2 amide bonds. The third kappa shape index (κ3) is 2.14. The summed E-state index contributed by atoms with van der Waals surface area (Å²) in [6.07, 6.45) is 0. The first-order chi connectivity index (χ1) is 8.11. The van der Waals surface area contributed by atoms with Gasteiger partial charge in [0.15, 0.2) is 0 Å². The number of hydrogen-bond donors (Lipinski definition) is 3. The number of fused-ring (bicyclic) bond motifs is 1. The van der Waals surface area contributed by atoms with E-state index in [-0.39, 0.29) is 10.7 Å². The molecule has 8 nitrogen and oxygen atoms in total. The SMILES string of the molecule is NS(=O)(=O)c1cc(Cl)c2c(c1)S(=O)(=O)NC(=O)N2. The summed E-state index contributed by atoms with van der Waals surface area (Å²) < 4.78 is 47.3. The molecule has 0 radical (unpaired) electrons. The fraction of sp³-hybridized carbons (Fsp3) is 0. The molecule has 18 heavy (non-hydrogen) atoms. The van der Waals surface area contributed by atoms with Crippen LogP contribution >= 0.6 is 11.6 Å². The number of rotatable bonds is 1. The third-order valence-corrected chi connectivity index (χ3v) is 4.66. The lowest BCUT2D eigenvalue weighted by Gasteiger charge is -2.19. The van der Waals surface area contributed by atoms with Crippen molar-refractivity contribution in [1.29, 1.82) is 0 Å². The van der Waals surface area contributed by atoms with Gasteiger partial charge in [-0.15, -0.1) is 0 Å². The number of amides is 2. The summed E-state index contributed by atoms with van der Waals surface area (Å²) >= 11 is 5.72. The lowest BCUT2D eigenvalue weighted by Crippen LogP contribution is -2.39. The highest BCUT2D eigenvalue weighted by Gasteiger charge is 2.31. The van der Waals surface area contributed by atoms with Crippen LogP contribution in [0.15, 0.2) is 21.9 Å². The molecule has 2 rings (SSSR count). The van der Waals surface area contributed by atoms with Gasteiger partial charge in [-0.25, -0.2) is 31.5 Å². The van der Waals surface area contributed by atoms with Crippen molar-refractivity contribution in [3.05, 3.63) is 17.2 Å². The number of carbonyl (C=O) groups is 1. The first-order valence-corrected chi connectivity index (χ1v) is 7.72. The molecule has 0 bridgehead atoms. The van der Waals surface area contributed by atoms with Gasteiger partial charge in [0.2, 0.25) is 10.0 Å². The molecule has 0 saturated carbocycles. The number of nitrogens with two attached hydrogens (primary N) is 1. The van der Waals surface area contributed by atoms with E-state index in [1.165, 1.54) is 0 Å². The Hall–Kier alpha value is -1.36. The van der Waals surface area contributed by atoms with Crippen molar-refractivity contribution in [1.82, 2.24) is 4.72 Å². The zero-order chi connectivity index (χ0) is 13.7. The molecule has 0 unspecified atom stereocenters. The highest BCUT2D eigenvalue weighted by molar-refractivity contribution is 7.90. The van der Waals surface area contributed by atoms with Crippen molar-refractivity contribution in [2.45, 2.75) is 9.79 Å². The van der Waals surface area contributed by atoms with E-state index in [2.05, 4.69) is 5.32 Å². The third-order valence-electron chi connectivity index (χ3n) is 2.11. The number of carbonyl (C=O) groups excluding carboxylic acids is 1. The van der Waals surface area contributed by atoms with Gasteiger partial charge >= 0.3 is 6.03 Å². The Morgan fingerprint density at radius 3 is 2.44 bits per heavy atom. The van der Waals surface area contributed by atoms with Crippen LogP contribution in [0.25, 0.3) is 0 Å². The van der Waals surface area contributed by atoms with Gasteiger partial charge in [-0.05, 0) is 12.1 Å². The van der Waals surface area contributed by atoms with E-state index < -0.39 is 35.9 Å². The molecule has 0 aromatic heterocycles. The Bertz CT molecular complexity index is 756. The van der Waals surface area contributed by atoms with Gasteiger partial charge in [0, 0.05) is 0 Å². The minimum atomic E-state index is -4.16. The molecule has 0 spiro atoms. The summed E-state index contributed by atoms with van der Waals surface area (Å²) in [7, 11) is -8.27. The van der Waals surface area contributed by atoms with Crippen LogP contribution in [-0.4, -0.2) is 22.9 Å². The van der Waals surface area contributed by atoms with E-state index in [0.29, 0.717) is 0 Å². The van der Waals surface area contributed by atoms with Gasteiger partial charge in [-0.1, -0.05) is 11.6 Å². The average Bonchev–Trinajstić information content (AvgIpc) is 2.16. The first-order valence-electron chi connectivity index (χ1n) is 4.31. The minimum absolute atomic E-state index is 0.187. The summed E-state index contributed by atoms with van der Waals surface area (Å²) in [4.78, 5) is 10.1. The quantitative estimate of drug-likeness (QED) is 0.660. The fourth-order valence-corrected chi connectivity index (χ4v) is 3.51. The van der Waals surface area contributed by atoms with Gasteiger partial charge in [-0.2, -0.15) is 0 Å². The van der Waals surface area contributed by atoms with Crippen LogP contribution < -0.4 is 15.2 Å². The van der Waals surface area contributed by atoms with E-state index in [4.69, 9.17) is 16.7 Å². The second-order valence-electron chi connectivity index (χ2n) is 3.38. The fourth-order valence-electron chi connectivity index (χ4n) is 1.37. The number of urea groups is 1. The second kappa shape index (κ2) is 3.82. The van der Waals surface area contributed by atoms with Crippen LogP contribution in [0, 0.1) is 0 Å². The number of nitrogens with one attached hydrogen (secondary N) is 2. The zero-order valence-corrected chi connectivity index (χ0v) is 10.9. The molecule has 1 aliphatic rings. The topological polar surface area (TPSA) is 135 Å². The summed E-state index contributed by atoms with van der Waals surface area (Å²) in [5.74, 6) is 0. The molecule has 98 valence electrons. The Labute approximate surface area is 107 Å². The molecule has 0 atom stereocenters. The smallest absolute Gasteiger partial charge is 0.304 e. The molecule has 0 fully saturated rings. The molecule has 4 N–H and O–H groups in total. The van der Waals surface area contributed by atoms with Crippen molar-refractivity contribution in [3.8, 4) is 0 Å². The summed E-state index contributed by atoms with van der Waals surface area (Å²) in [5, 5.41) is 6.81. The van der Waals surface area contributed by atoms with E-state index in [1.807, 2.05) is 0 Å². The molecule has 1 heterocycles. The van der Waals surface area contributed by atoms with Crippen LogP contribution in [0.3, 0.4) is 0 Å². The predicted molar refractivity (Wildman–Crippen MR) is 62.2 cm³/mol. The number of sulfonamides is 2. The maximum Gasteiger partial charge on any atom is 0.333 e. The largest absolute Gasteiger partial charge is 0.333 e. The monoisotopic (exact) mass is 311 g/mol. The predicted octanol–water partition coefficient (Wildman–Crippen LogP) is -0.189. The maximum atomic E-state index is 11.6. The van der Waals surface area contributed by atoms with Crippen molar-refractivity contribution < 1.29 is 21.6 Å². The Kier molecular flexibility index (Phi) is 2.77. The summed E-state index contributed by atoms with van der Waals surface area (Å²) in [6, 6.07) is 0.794. The number of benzene rings is 1. The van der Waals surface area contributed by atoms with Gasteiger partial charge in [0.05, 0.1) is 15.6 Å². The lowest BCUT2D eigenvalue weighted by molar-refractivity contribution is 0.256. The van der Waals surface area contributed by atoms with Crippen LogP contribution in [0.4, 0.5) is 10.5 Å². The van der Waals surface area contributed by atoms with Gasteiger partial charge in [0.25, 0.3) is 10.0 Å². The van der Waals surface area contributed by atoms with Crippen molar-refractivity contribution in [3.63, 3.8) is 0 Å². The molecule has 0 aliphatic carbocycles. The number of hydrogen-bond acceptors (Lipinski definition) is 5. The maximum absolute atomic E-state index is 11.6. The highest BCUT2D eigenvalue weighted by Crippen LogP contribution is 2.34. The van der Waals surface area contributed by atoms with Crippen molar-refractivity contribution >= 4 is 43.4 Å². The first kappa shape index (κ1) is 13.1. The zero-order valence-electron chi connectivity index (χ0n) is 8.47. The van der Waals surface area contributed by atoms with E-state index in [0.717, 1.165) is 12.1 Å². The lowest BCUT2D eigenvalue weighted by atomic mass is 10.3. The molecule has 11 heteroatoms. The molecular formula is C7H6ClN3O5S2. The number of anilines is 1.